The van der Waals surface area contributed by atoms with E-state index in [9.17, 15) is 4.79 Å². The molecule has 16 heavy (non-hydrogen) atoms. The van der Waals surface area contributed by atoms with Crippen LogP contribution in [0.5, 0.6) is 0 Å². The van der Waals surface area contributed by atoms with Gasteiger partial charge in [0.15, 0.2) is 0 Å². The van der Waals surface area contributed by atoms with E-state index in [0.717, 1.165) is 17.8 Å². The van der Waals surface area contributed by atoms with Crippen LogP contribution >= 0.6 is 0 Å². The molecule has 1 aromatic heterocycles. The molecular formula is C11H15N3O2. The van der Waals surface area contributed by atoms with E-state index in [1.54, 1.807) is 17.2 Å². The molecule has 1 aromatic rings. The number of anilines is 1. The maximum Gasteiger partial charge on any atom is 0.414 e. The third kappa shape index (κ3) is 2.13. The van der Waals surface area contributed by atoms with Gasteiger partial charge in [0.1, 0.15) is 5.60 Å². The molecule has 2 rings (SSSR count). The van der Waals surface area contributed by atoms with Gasteiger partial charge in [0.2, 0.25) is 0 Å². The van der Waals surface area contributed by atoms with E-state index in [4.69, 9.17) is 4.74 Å². The molecule has 0 saturated carbocycles. The lowest BCUT2D eigenvalue weighted by Gasteiger charge is -2.24. The van der Waals surface area contributed by atoms with Gasteiger partial charge in [-0.25, -0.2) is 4.79 Å². The summed E-state index contributed by atoms with van der Waals surface area (Å²) >= 11 is 0. The molecule has 1 aliphatic heterocycles. The average Bonchev–Trinajstić information content (AvgIpc) is 2.58. The lowest BCUT2D eigenvalue weighted by atomic mass is 10.2. The predicted molar refractivity (Wildman–Crippen MR) is 59.3 cm³/mol. The number of fused-ring (bicyclic) bond motifs is 1. The largest absolute Gasteiger partial charge is 0.443 e. The summed E-state index contributed by atoms with van der Waals surface area (Å²) in [4.78, 5) is 13.5. The number of aromatic nitrogens is 2. The Morgan fingerprint density at radius 3 is 2.94 bits per heavy atom. The molecule has 0 N–H and O–H groups in total. The van der Waals surface area contributed by atoms with Crippen LogP contribution in [-0.2, 0) is 11.2 Å². The molecule has 86 valence electrons. The lowest BCUT2D eigenvalue weighted by Crippen LogP contribution is -2.35. The van der Waals surface area contributed by atoms with Gasteiger partial charge >= 0.3 is 6.09 Å². The Labute approximate surface area is 94.4 Å². The Morgan fingerprint density at radius 1 is 1.50 bits per heavy atom. The molecule has 5 nitrogen and oxygen atoms in total. The highest BCUT2D eigenvalue weighted by Gasteiger charge is 2.29. The predicted octanol–water partition coefficient (Wildman–Crippen LogP) is 1.77. The molecule has 0 spiro atoms. The first kappa shape index (κ1) is 10.9. The first-order valence-electron chi connectivity index (χ1n) is 5.28. The molecule has 0 fully saturated rings. The first-order valence-corrected chi connectivity index (χ1v) is 5.28. The minimum Gasteiger partial charge on any atom is -0.443 e. The molecule has 0 atom stereocenters. The van der Waals surface area contributed by atoms with Crippen molar-refractivity contribution in [2.24, 2.45) is 0 Å². The highest BCUT2D eigenvalue weighted by molar-refractivity contribution is 5.89. The fourth-order valence-electron chi connectivity index (χ4n) is 1.62. The third-order valence-electron chi connectivity index (χ3n) is 2.25. The molecule has 0 aromatic carbocycles. The molecule has 0 bridgehead atoms. The van der Waals surface area contributed by atoms with Gasteiger partial charge in [-0.05, 0) is 26.8 Å². The number of hydrogen-bond donors (Lipinski definition) is 0. The van der Waals surface area contributed by atoms with Crippen molar-refractivity contribution in [2.75, 3.05) is 11.4 Å². The van der Waals surface area contributed by atoms with Gasteiger partial charge in [-0.2, -0.15) is 10.2 Å². The van der Waals surface area contributed by atoms with Crippen LogP contribution in [0.3, 0.4) is 0 Å². The van der Waals surface area contributed by atoms with Crippen LogP contribution in [0.15, 0.2) is 12.3 Å². The van der Waals surface area contributed by atoms with Crippen molar-refractivity contribution < 1.29 is 9.53 Å². The smallest absolute Gasteiger partial charge is 0.414 e. The maximum absolute atomic E-state index is 11.9. The van der Waals surface area contributed by atoms with E-state index in [1.165, 1.54) is 0 Å². The molecule has 5 heteroatoms. The van der Waals surface area contributed by atoms with E-state index in [0.29, 0.717) is 6.54 Å². The SMILES string of the molecule is CC(C)(C)OC(=O)N1CCc2nnccc21. The number of nitrogens with zero attached hydrogens (tertiary/aromatic N) is 3. The molecule has 0 unspecified atom stereocenters. The van der Waals surface area contributed by atoms with Crippen molar-refractivity contribution in [3.63, 3.8) is 0 Å². The van der Waals surface area contributed by atoms with Crippen LogP contribution in [-0.4, -0.2) is 28.4 Å². The summed E-state index contributed by atoms with van der Waals surface area (Å²) in [5, 5.41) is 7.78. The monoisotopic (exact) mass is 221 g/mol. The van der Waals surface area contributed by atoms with Gasteiger partial charge in [-0.1, -0.05) is 0 Å². The Kier molecular flexibility index (Phi) is 2.53. The zero-order chi connectivity index (χ0) is 11.8. The fraction of sp³-hybridized carbons (Fsp3) is 0.545. The number of carbonyl (C=O) groups excluding carboxylic acids is 1. The van der Waals surface area contributed by atoms with Crippen molar-refractivity contribution in [3.8, 4) is 0 Å². The average molecular weight is 221 g/mol. The number of hydrogen-bond acceptors (Lipinski definition) is 4. The molecule has 1 amide bonds. The van der Waals surface area contributed by atoms with Crippen molar-refractivity contribution >= 4 is 11.8 Å². The second-order valence-corrected chi connectivity index (χ2v) is 4.75. The van der Waals surface area contributed by atoms with E-state index in [2.05, 4.69) is 10.2 Å². The number of ether oxygens (including phenoxy) is 1. The van der Waals surface area contributed by atoms with Crippen LogP contribution in [0.4, 0.5) is 10.5 Å². The van der Waals surface area contributed by atoms with E-state index in [1.807, 2.05) is 20.8 Å². The normalized spacial score (nSPS) is 14.8. The molecule has 1 aliphatic rings. The summed E-state index contributed by atoms with van der Waals surface area (Å²) in [5.41, 5.74) is 1.19. The molecule has 0 saturated heterocycles. The van der Waals surface area contributed by atoms with Crippen molar-refractivity contribution in [1.82, 2.24) is 10.2 Å². The van der Waals surface area contributed by atoms with Gasteiger partial charge in [-0.15, -0.1) is 0 Å². The van der Waals surface area contributed by atoms with E-state index in [-0.39, 0.29) is 6.09 Å². The van der Waals surface area contributed by atoms with E-state index < -0.39 is 5.60 Å². The van der Waals surface area contributed by atoms with Crippen LogP contribution in [0.2, 0.25) is 0 Å². The summed E-state index contributed by atoms with van der Waals surface area (Å²) in [6, 6.07) is 1.79. The summed E-state index contributed by atoms with van der Waals surface area (Å²) < 4.78 is 5.32. The van der Waals surface area contributed by atoms with Gasteiger partial charge in [0.25, 0.3) is 0 Å². The van der Waals surface area contributed by atoms with Crippen molar-refractivity contribution in [2.45, 2.75) is 32.8 Å². The Bertz CT molecular complexity index is 412. The molecular weight excluding hydrogens is 206 g/mol. The van der Waals surface area contributed by atoms with Crippen LogP contribution < -0.4 is 4.90 Å². The second kappa shape index (κ2) is 3.73. The number of amides is 1. The van der Waals surface area contributed by atoms with Gasteiger partial charge < -0.3 is 4.74 Å². The summed E-state index contributed by atoms with van der Waals surface area (Å²) in [6.07, 6.45) is 2.00. The first-order chi connectivity index (χ1) is 7.47. The Hall–Kier alpha value is -1.65. The highest BCUT2D eigenvalue weighted by Crippen LogP contribution is 2.26. The molecule has 2 heterocycles. The molecule has 0 aliphatic carbocycles. The summed E-state index contributed by atoms with van der Waals surface area (Å²) in [7, 11) is 0. The summed E-state index contributed by atoms with van der Waals surface area (Å²) in [5.74, 6) is 0. The van der Waals surface area contributed by atoms with Crippen molar-refractivity contribution in [3.05, 3.63) is 18.0 Å². The Balaban J connectivity index is 2.16. The third-order valence-corrected chi connectivity index (χ3v) is 2.25. The van der Waals surface area contributed by atoms with E-state index >= 15 is 0 Å². The fourth-order valence-corrected chi connectivity index (χ4v) is 1.62. The van der Waals surface area contributed by atoms with Crippen LogP contribution in [0.25, 0.3) is 0 Å². The van der Waals surface area contributed by atoms with Gasteiger partial charge in [0.05, 0.1) is 17.6 Å². The highest BCUT2D eigenvalue weighted by atomic mass is 16.6. The van der Waals surface area contributed by atoms with Crippen LogP contribution in [0.1, 0.15) is 26.5 Å². The number of rotatable bonds is 0. The second-order valence-electron chi connectivity index (χ2n) is 4.75. The zero-order valence-electron chi connectivity index (χ0n) is 9.73. The number of carbonyl (C=O) groups is 1. The standard InChI is InChI=1S/C11H15N3O2/c1-11(2,3)16-10(15)14-7-5-8-9(14)4-6-12-13-8/h4,6H,5,7H2,1-3H3. The maximum atomic E-state index is 11.9. The quantitative estimate of drug-likeness (QED) is 0.670. The van der Waals surface area contributed by atoms with Crippen molar-refractivity contribution in [1.29, 1.82) is 0 Å². The lowest BCUT2D eigenvalue weighted by molar-refractivity contribution is 0.0584. The van der Waals surface area contributed by atoms with Gasteiger partial charge in [-0.3, -0.25) is 4.90 Å². The zero-order valence-corrected chi connectivity index (χ0v) is 9.73. The Morgan fingerprint density at radius 2 is 2.25 bits per heavy atom. The minimum absolute atomic E-state index is 0.320. The summed E-state index contributed by atoms with van der Waals surface area (Å²) in [6.45, 7) is 6.18. The minimum atomic E-state index is -0.472. The topological polar surface area (TPSA) is 55.3 Å². The van der Waals surface area contributed by atoms with Crippen LogP contribution in [0, 0.1) is 0 Å². The molecule has 0 radical (unpaired) electrons. The van der Waals surface area contributed by atoms with Gasteiger partial charge in [0, 0.05) is 13.0 Å².